The number of anilines is 1. The van der Waals surface area contributed by atoms with Crippen LogP contribution in [-0.2, 0) is 10.0 Å². The Labute approximate surface area is 128 Å². The Morgan fingerprint density at radius 1 is 1.33 bits per heavy atom. The van der Waals surface area contributed by atoms with E-state index >= 15 is 0 Å². The van der Waals surface area contributed by atoms with Crippen molar-refractivity contribution in [2.45, 2.75) is 50.8 Å². The van der Waals surface area contributed by atoms with Crippen LogP contribution in [0.5, 0.6) is 0 Å². The van der Waals surface area contributed by atoms with Crippen molar-refractivity contribution in [3.05, 3.63) is 23.8 Å². The molecule has 4 nitrogen and oxygen atoms in total. The van der Waals surface area contributed by atoms with Crippen molar-refractivity contribution in [1.29, 1.82) is 0 Å². The Bertz CT molecular complexity index is 564. The number of nitrogens with one attached hydrogen (secondary N) is 1. The molecule has 0 radical (unpaired) electrons. The van der Waals surface area contributed by atoms with E-state index in [0.29, 0.717) is 23.7 Å². The second kappa shape index (κ2) is 6.79. The number of hydrogen-bond donors (Lipinski definition) is 2. The van der Waals surface area contributed by atoms with E-state index in [9.17, 15) is 8.42 Å². The van der Waals surface area contributed by atoms with Gasteiger partial charge in [-0.3, -0.25) is 0 Å². The van der Waals surface area contributed by atoms with Crippen molar-refractivity contribution in [3.8, 4) is 0 Å². The Morgan fingerprint density at radius 2 is 2.10 bits per heavy atom. The van der Waals surface area contributed by atoms with Crippen LogP contribution in [0.2, 0.25) is 0 Å². The lowest BCUT2D eigenvalue weighted by molar-refractivity contribution is 0.271. The molecule has 1 fully saturated rings. The van der Waals surface area contributed by atoms with Gasteiger partial charge >= 0.3 is 0 Å². The molecule has 1 aromatic rings. The maximum Gasteiger partial charge on any atom is 0.242 e. The molecule has 1 saturated carbocycles. The fourth-order valence-electron chi connectivity index (χ4n) is 3.33. The lowest BCUT2D eigenvalue weighted by atomic mass is 9.81. The zero-order chi connectivity index (χ0) is 15.5. The molecule has 21 heavy (non-hydrogen) atoms. The Hall–Kier alpha value is -1.07. The third-order valence-electron chi connectivity index (χ3n) is 4.40. The Balaban J connectivity index is 1.96. The van der Waals surface area contributed by atoms with Gasteiger partial charge in [0.2, 0.25) is 10.0 Å². The van der Waals surface area contributed by atoms with Crippen LogP contribution in [0.25, 0.3) is 0 Å². The average molecular weight is 310 g/mol. The molecule has 5 heteroatoms. The van der Waals surface area contributed by atoms with Crippen molar-refractivity contribution in [2.75, 3.05) is 12.3 Å². The highest BCUT2D eigenvalue weighted by atomic mass is 32.2. The van der Waals surface area contributed by atoms with Crippen LogP contribution in [0.1, 0.15) is 44.6 Å². The van der Waals surface area contributed by atoms with Gasteiger partial charge in [-0.25, -0.2) is 13.1 Å². The first-order valence-electron chi connectivity index (χ1n) is 7.75. The molecule has 3 N–H and O–H groups in total. The van der Waals surface area contributed by atoms with E-state index in [1.54, 1.807) is 25.1 Å². The first-order chi connectivity index (χ1) is 9.90. The summed E-state index contributed by atoms with van der Waals surface area (Å²) in [5.74, 6) is 1.41. The number of nitrogen functional groups attached to an aromatic ring is 1. The zero-order valence-electron chi connectivity index (χ0n) is 12.9. The largest absolute Gasteiger partial charge is 0.398 e. The monoisotopic (exact) mass is 310 g/mol. The summed E-state index contributed by atoms with van der Waals surface area (Å²) in [4.78, 5) is 0.224. The van der Waals surface area contributed by atoms with Crippen LogP contribution in [-0.4, -0.2) is 15.0 Å². The Morgan fingerprint density at radius 3 is 2.76 bits per heavy atom. The summed E-state index contributed by atoms with van der Waals surface area (Å²) in [6.45, 7) is 4.55. The number of hydrogen-bond acceptors (Lipinski definition) is 3. The van der Waals surface area contributed by atoms with Crippen molar-refractivity contribution >= 4 is 15.7 Å². The van der Waals surface area contributed by atoms with Crippen LogP contribution in [0.3, 0.4) is 0 Å². The highest BCUT2D eigenvalue weighted by Gasteiger charge is 2.22. The smallest absolute Gasteiger partial charge is 0.242 e. The number of benzene rings is 1. The molecule has 2 unspecified atom stereocenters. The first-order valence-corrected chi connectivity index (χ1v) is 9.23. The van der Waals surface area contributed by atoms with Gasteiger partial charge < -0.3 is 5.73 Å². The van der Waals surface area contributed by atoms with Gasteiger partial charge in [0.1, 0.15) is 4.90 Å². The zero-order valence-corrected chi connectivity index (χ0v) is 13.7. The fourth-order valence-corrected chi connectivity index (χ4v) is 4.73. The van der Waals surface area contributed by atoms with E-state index in [-0.39, 0.29) is 4.90 Å². The number of aryl methyl sites for hydroxylation is 1. The normalized spacial score (nSPS) is 23.1. The van der Waals surface area contributed by atoms with E-state index < -0.39 is 10.0 Å². The van der Waals surface area contributed by atoms with Gasteiger partial charge in [-0.1, -0.05) is 38.3 Å². The van der Waals surface area contributed by atoms with Gasteiger partial charge in [0.05, 0.1) is 5.69 Å². The summed E-state index contributed by atoms with van der Waals surface area (Å²) in [7, 11) is -3.51. The van der Waals surface area contributed by atoms with Crippen molar-refractivity contribution < 1.29 is 8.42 Å². The van der Waals surface area contributed by atoms with E-state index in [4.69, 9.17) is 5.73 Å². The van der Waals surface area contributed by atoms with Gasteiger partial charge in [0.15, 0.2) is 0 Å². The van der Waals surface area contributed by atoms with Crippen LogP contribution in [0, 0.1) is 18.8 Å². The molecule has 2 atom stereocenters. The molecule has 2 rings (SSSR count). The molecule has 0 bridgehead atoms. The Kier molecular flexibility index (Phi) is 5.27. The van der Waals surface area contributed by atoms with Crippen molar-refractivity contribution in [3.63, 3.8) is 0 Å². The van der Waals surface area contributed by atoms with Gasteiger partial charge in [-0.05, 0) is 43.2 Å². The summed E-state index contributed by atoms with van der Waals surface area (Å²) in [5.41, 5.74) is 6.82. The maximum atomic E-state index is 12.4. The van der Waals surface area contributed by atoms with E-state index in [1.807, 2.05) is 0 Å². The second-order valence-corrected chi connectivity index (χ2v) is 8.02. The molecule has 0 saturated heterocycles. The number of nitrogens with two attached hydrogens (primary N) is 1. The lowest BCUT2D eigenvalue weighted by Crippen LogP contribution is -2.28. The van der Waals surface area contributed by atoms with Crippen LogP contribution >= 0.6 is 0 Å². The molecular weight excluding hydrogens is 284 g/mol. The number of sulfonamides is 1. The summed E-state index contributed by atoms with van der Waals surface area (Å²) >= 11 is 0. The predicted octanol–water partition coefficient (Wildman–Crippen LogP) is 3.07. The molecule has 0 spiro atoms. The predicted molar refractivity (Wildman–Crippen MR) is 86.5 cm³/mol. The first kappa shape index (κ1) is 16.3. The highest BCUT2D eigenvalue weighted by Crippen LogP contribution is 2.30. The van der Waals surface area contributed by atoms with Gasteiger partial charge in [0, 0.05) is 6.54 Å². The lowest BCUT2D eigenvalue weighted by Gasteiger charge is -2.26. The summed E-state index contributed by atoms with van der Waals surface area (Å²) in [6.07, 6.45) is 5.92. The average Bonchev–Trinajstić information content (AvgIpc) is 2.38. The standard InChI is InChI=1S/C16H26N2O2S/c1-12-5-3-7-14(11-12)9-10-18-21(19,20)16-13(2)6-4-8-15(16)17/h4,6,8,12,14,18H,3,5,7,9-11,17H2,1-2H3. The van der Waals surface area contributed by atoms with Gasteiger partial charge in [-0.2, -0.15) is 0 Å². The summed E-state index contributed by atoms with van der Waals surface area (Å²) in [6, 6.07) is 5.17. The van der Waals surface area contributed by atoms with Crippen molar-refractivity contribution in [2.24, 2.45) is 11.8 Å². The topological polar surface area (TPSA) is 72.2 Å². The minimum atomic E-state index is -3.51. The van der Waals surface area contributed by atoms with Crippen molar-refractivity contribution in [1.82, 2.24) is 4.72 Å². The SMILES string of the molecule is Cc1cccc(N)c1S(=O)(=O)NCCC1CCCC(C)C1. The fraction of sp³-hybridized carbons (Fsp3) is 0.625. The third kappa shape index (κ3) is 4.20. The molecule has 0 heterocycles. The van der Waals surface area contributed by atoms with E-state index in [2.05, 4.69) is 11.6 Å². The molecule has 0 aromatic heterocycles. The minimum absolute atomic E-state index is 0.224. The summed E-state index contributed by atoms with van der Waals surface area (Å²) < 4.78 is 27.5. The van der Waals surface area contributed by atoms with Gasteiger partial charge in [-0.15, -0.1) is 0 Å². The van der Waals surface area contributed by atoms with Crippen LogP contribution in [0.15, 0.2) is 23.1 Å². The molecule has 1 aromatic carbocycles. The number of rotatable bonds is 5. The van der Waals surface area contributed by atoms with Crippen LogP contribution in [0.4, 0.5) is 5.69 Å². The molecule has 118 valence electrons. The second-order valence-electron chi connectivity index (χ2n) is 6.32. The van der Waals surface area contributed by atoms with E-state index in [0.717, 1.165) is 12.3 Å². The highest BCUT2D eigenvalue weighted by molar-refractivity contribution is 7.89. The molecule has 0 amide bonds. The maximum absolute atomic E-state index is 12.4. The quantitative estimate of drug-likeness (QED) is 0.821. The third-order valence-corrected chi connectivity index (χ3v) is 6.08. The molecule has 1 aliphatic rings. The molecule has 0 aliphatic heterocycles. The van der Waals surface area contributed by atoms with E-state index in [1.165, 1.54) is 25.7 Å². The summed E-state index contributed by atoms with van der Waals surface area (Å²) in [5, 5.41) is 0. The molecular formula is C16H26N2O2S. The molecule has 1 aliphatic carbocycles. The minimum Gasteiger partial charge on any atom is -0.398 e. The van der Waals surface area contributed by atoms with Crippen LogP contribution < -0.4 is 10.5 Å². The van der Waals surface area contributed by atoms with Gasteiger partial charge in [0.25, 0.3) is 0 Å².